The molecule has 1 heterocycles. The van der Waals surface area contributed by atoms with Crippen LogP contribution < -0.4 is 10.4 Å². The van der Waals surface area contributed by atoms with Gasteiger partial charge in [0, 0.05) is 12.1 Å². The lowest BCUT2D eigenvalue weighted by atomic mass is 10.1. The number of hydrogen-bond acceptors (Lipinski definition) is 2. The van der Waals surface area contributed by atoms with Gasteiger partial charge in [-0.1, -0.05) is 59.7 Å². The van der Waals surface area contributed by atoms with Crippen molar-refractivity contribution in [3.8, 4) is 5.75 Å². The summed E-state index contributed by atoms with van der Waals surface area (Å²) < 4.78 is 9.70. The van der Waals surface area contributed by atoms with Crippen LogP contribution in [0.3, 0.4) is 0 Å². The second-order valence-electron chi connectivity index (χ2n) is 8.16. The number of ether oxygens (including phenoxy) is 1. The fourth-order valence-electron chi connectivity index (χ4n) is 4.05. The van der Waals surface area contributed by atoms with Gasteiger partial charge in [0.2, 0.25) is 5.62 Å². The van der Waals surface area contributed by atoms with Gasteiger partial charge >= 0.3 is 0 Å². The van der Waals surface area contributed by atoms with Crippen LogP contribution in [-0.4, -0.2) is 16.2 Å². The molecule has 4 rings (SSSR count). The predicted molar refractivity (Wildman–Crippen MR) is 122 cm³/mol. The molecule has 4 aromatic rings. The van der Waals surface area contributed by atoms with Crippen LogP contribution in [0.15, 0.2) is 66.7 Å². The maximum Gasteiger partial charge on any atom is 0.203 e. The second kappa shape index (κ2) is 8.23. The average Bonchev–Trinajstić information content (AvgIpc) is 3.02. The van der Waals surface area contributed by atoms with Gasteiger partial charge in [0.1, 0.15) is 5.75 Å². The summed E-state index contributed by atoms with van der Waals surface area (Å²) in [6.07, 6.45) is 0.873. The summed E-state index contributed by atoms with van der Waals surface area (Å²) in [5.74, 6) is 0.811. The third-order valence-electron chi connectivity index (χ3n) is 5.77. The third kappa shape index (κ3) is 3.90. The third-order valence-corrected chi connectivity index (χ3v) is 5.77. The van der Waals surface area contributed by atoms with Crippen LogP contribution in [0.1, 0.15) is 35.2 Å². The van der Waals surface area contributed by atoms with Crippen molar-refractivity contribution < 1.29 is 4.74 Å². The monoisotopic (exact) mass is 399 g/mol. The summed E-state index contributed by atoms with van der Waals surface area (Å²) in [6, 6.07) is 23.4. The first-order valence-corrected chi connectivity index (χ1v) is 10.4. The highest BCUT2D eigenvalue weighted by atomic mass is 16.5. The number of hydrogen-bond donors (Lipinski definition) is 1. The van der Waals surface area contributed by atoms with E-state index in [2.05, 4.69) is 84.5 Å². The molecular formula is C26H29N3O. The van der Waals surface area contributed by atoms with Crippen LogP contribution in [0.25, 0.3) is 11.0 Å². The number of aromatic nitrogens is 2. The SMILES string of the molecule is COc1ccc2c(c1)n(C(C)Cc1ccc(C)cc1)c(=N)n2Cc1ccc(C)cc1. The zero-order valence-electron chi connectivity index (χ0n) is 18.1. The van der Waals surface area contributed by atoms with Crippen LogP contribution in [0, 0.1) is 19.3 Å². The lowest BCUT2D eigenvalue weighted by Gasteiger charge is -2.15. The highest BCUT2D eigenvalue weighted by molar-refractivity contribution is 5.78. The minimum Gasteiger partial charge on any atom is -0.497 e. The molecule has 0 aliphatic carbocycles. The van der Waals surface area contributed by atoms with Crippen molar-refractivity contribution in [2.24, 2.45) is 0 Å². The molecule has 1 aromatic heterocycles. The van der Waals surface area contributed by atoms with E-state index in [1.807, 2.05) is 12.1 Å². The Kier molecular flexibility index (Phi) is 5.49. The molecule has 0 saturated carbocycles. The number of nitrogens with zero attached hydrogens (tertiary/aromatic N) is 2. The molecule has 1 atom stereocenters. The maximum atomic E-state index is 9.01. The first kappa shape index (κ1) is 20.0. The van der Waals surface area contributed by atoms with Crippen molar-refractivity contribution in [3.05, 3.63) is 94.6 Å². The number of methoxy groups -OCH3 is 1. The Labute approximate surface area is 177 Å². The average molecular weight is 400 g/mol. The van der Waals surface area contributed by atoms with E-state index < -0.39 is 0 Å². The first-order chi connectivity index (χ1) is 14.5. The predicted octanol–water partition coefficient (Wildman–Crippen LogP) is 5.40. The molecule has 1 N–H and O–H groups in total. The molecule has 4 heteroatoms. The summed E-state index contributed by atoms with van der Waals surface area (Å²) in [5, 5.41) is 9.01. The molecule has 30 heavy (non-hydrogen) atoms. The van der Waals surface area contributed by atoms with E-state index >= 15 is 0 Å². The van der Waals surface area contributed by atoms with Crippen molar-refractivity contribution in [2.45, 2.75) is 39.8 Å². The quantitative estimate of drug-likeness (QED) is 0.463. The van der Waals surface area contributed by atoms with Gasteiger partial charge < -0.3 is 13.9 Å². The Morgan fingerprint density at radius 2 is 1.43 bits per heavy atom. The van der Waals surface area contributed by atoms with Gasteiger partial charge in [-0.2, -0.15) is 0 Å². The highest BCUT2D eigenvalue weighted by Crippen LogP contribution is 2.25. The Balaban J connectivity index is 1.79. The van der Waals surface area contributed by atoms with Gasteiger partial charge in [-0.25, -0.2) is 0 Å². The Bertz CT molecular complexity index is 1210. The smallest absolute Gasteiger partial charge is 0.203 e. The highest BCUT2D eigenvalue weighted by Gasteiger charge is 2.17. The molecule has 0 amide bonds. The molecule has 0 saturated heterocycles. The maximum absolute atomic E-state index is 9.01. The van der Waals surface area contributed by atoms with Crippen LogP contribution in [0.2, 0.25) is 0 Å². The van der Waals surface area contributed by atoms with Gasteiger partial charge in [0.25, 0.3) is 0 Å². The Hall–Kier alpha value is -3.27. The molecule has 0 bridgehead atoms. The van der Waals surface area contributed by atoms with Gasteiger partial charge in [-0.15, -0.1) is 0 Å². The summed E-state index contributed by atoms with van der Waals surface area (Å²) in [4.78, 5) is 0. The lowest BCUT2D eigenvalue weighted by molar-refractivity contribution is 0.415. The number of nitrogens with one attached hydrogen (secondary N) is 1. The number of aryl methyl sites for hydroxylation is 2. The van der Waals surface area contributed by atoms with Crippen molar-refractivity contribution in [1.82, 2.24) is 9.13 Å². The zero-order valence-corrected chi connectivity index (χ0v) is 18.1. The molecule has 0 aliphatic heterocycles. The van der Waals surface area contributed by atoms with Crippen molar-refractivity contribution in [2.75, 3.05) is 7.11 Å². The molecule has 0 radical (unpaired) electrons. The van der Waals surface area contributed by atoms with Gasteiger partial charge in [0.05, 0.1) is 24.7 Å². The summed E-state index contributed by atoms with van der Waals surface area (Å²) in [6.45, 7) is 7.06. The standard InChI is InChI=1S/C26H29N3O/c1-18-5-9-21(10-6-18)15-20(3)29-25-16-23(30-4)13-14-24(25)28(26(29)27)17-22-11-7-19(2)8-12-22/h5-14,16,20,27H,15,17H2,1-4H3. The van der Waals surface area contributed by atoms with Crippen LogP contribution >= 0.6 is 0 Å². The van der Waals surface area contributed by atoms with Crippen LogP contribution in [0.5, 0.6) is 5.75 Å². The van der Waals surface area contributed by atoms with E-state index in [1.165, 1.54) is 22.3 Å². The van der Waals surface area contributed by atoms with E-state index in [1.54, 1.807) is 7.11 Å². The van der Waals surface area contributed by atoms with Gasteiger partial charge in [-0.05, 0) is 50.5 Å². The number of imidazole rings is 1. The molecular weight excluding hydrogens is 370 g/mol. The van der Waals surface area contributed by atoms with E-state index in [-0.39, 0.29) is 6.04 Å². The molecule has 0 aliphatic rings. The van der Waals surface area contributed by atoms with Crippen molar-refractivity contribution >= 4 is 11.0 Å². The summed E-state index contributed by atoms with van der Waals surface area (Å²) in [5.41, 5.74) is 7.58. The fraction of sp³-hybridized carbons (Fsp3) is 0.269. The Morgan fingerprint density at radius 1 is 0.833 bits per heavy atom. The molecule has 3 aromatic carbocycles. The fourth-order valence-corrected chi connectivity index (χ4v) is 4.05. The van der Waals surface area contributed by atoms with Crippen molar-refractivity contribution in [3.63, 3.8) is 0 Å². The molecule has 4 nitrogen and oxygen atoms in total. The number of fused-ring (bicyclic) bond motifs is 1. The van der Waals surface area contributed by atoms with E-state index in [9.17, 15) is 0 Å². The normalized spacial score (nSPS) is 12.3. The topological polar surface area (TPSA) is 42.9 Å². The Morgan fingerprint density at radius 3 is 2.03 bits per heavy atom. The zero-order chi connectivity index (χ0) is 21.3. The van der Waals surface area contributed by atoms with Crippen molar-refractivity contribution in [1.29, 1.82) is 5.41 Å². The summed E-state index contributed by atoms with van der Waals surface area (Å²) in [7, 11) is 1.69. The van der Waals surface area contributed by atoms with Crippen LogP contribution in [0.4, 0.5) is 0 Å². The summed E-state index contributed by atoms with van der Waals surface area (Å²) >= 11 is 0. The van der Waals surface area contributed by atoms with E-state index in [0.29, 0.717) is 12.2 Å². The number of benzene rings is 3. The minimum atomic E-state index is 0.147. The largest absolute Gasteiger partial charge is 0.497 e. The van der Waals surface area contributed by atoms with Crippen LogP contribution in [-0.2, 0) is 13.0 Å². The number of rotatable bonds is 6. The minimum absolute atomic E-state index is 0.147. The molecule has 154 valence electrons. The molecule has 1 unspecified atom stereocenters. The lowest BCUT2D eigenvalue weighted by Crippen LogP contribution is -2.28. The van der Waals surface area contributed by atoms with E-state index in [0.717, 1.165) is 23.2 Å². The van der Waals surface area contributed by atoms with E-state index in [4.69, 9.17) is 10.1 Å². The van der Waals surface area contributed by atoms with Gasteiger partial charge in [0.15, 0.2) is 0 Å². The molecule has 0 spiro atoms. The molecule has 0 fully saturated rings. The second-order valence-corrected chi connectivity index (χ2v) is 8.16. The van der Waals surface area contributed by atoms with Gasteiger partial charge in [-0.3, -0.25) is 5.41 Å². The first-order valence-electron chi connectivity index (χ1n) is 10.4.